The Morgan fingerprint density at radius 2 is 2.22 bits per heavy atom. The second-order valence-electron chi connectivity index (χ2n) is 5.61. The van der Waals surface area contributed by atoms with Crippen LogP contribution in [0.15, 0.2) is 0 Å². The number of hydrogen-bond acceptors (Lipinski definition) is 4. The molecule has 104 valence electrons. The molecule has 1 amide bonds. The number of amides is 1. The van der Waals surface area contributed by atoms with E-state index in [0.29, 0.717) is 18.7 Å². The summed E-state index contributed by atoms with van der Waals surface area (Å²) in [6.45, 7) is 2.43. The first-order chi connectivity index (χ1) is 8.65. The molecule has 0 bridgehead atoms. The molecule has 2 rings (SSSR count). The van der Waals surface area contributed by atoms with E-state index in [0.717, 1.165) is 19.6 Å². The highest BCUT2D eigenvalue weighted by molar-refractivity contribution is 5.80. The van der Waals surface area contributed by atoms with E-state index in [1.807, 2.05) is 7.05 Å². The van der Waals surface area contributed by atoms with Crippen LogP contribution in [0.2, 0.25) is 0 Å². The summed E-state index contributed by atoms with van der Waals surface area (Å²) in [5, 5.41) is 3.30. The SMILES string of the molecule is CN(CC1CCCCO1)CC(NC1CC1)C(N)=O. The van der Waals surface area contributed by atoms with E-state index < -0.39 is 0 Å². The fraction of sp³-hybridized carbons (Fsp3) is 0.923. The average molecular weight is 255 g/mol. The quantitative estimate of drug-likeness (QED) is 0.677. The van der Waals surface area contributed by atoms with E-state index >= 15 is 0 Å². The molecule has 3 N–H and O–H groups in total. The molecule has 2 unspecified atom stereocenters. The van der Waals surface area contributed by atoms with Gasteiger partial charge in [0.25, 0.3) is 0 Å². The first-order valence-electron chi connectivity index (χ1n) is 7.00. The Balaban J connectivity index is 1.72. The van der Waals surface area contributed by atoms with Crippen LogP contribution in [0.5, 0.6) is 0 Å². The highest BCUT2D eigenvalue weighted by atomic mass is 16.5. The number of nitrogens with two attached hydrogens (primary N) is 1. The molecule has 1 heterocycles. The predicted octanol–water partition coefficient (Wildman–Crippen LogP) is 0.0932. The van der Waals surface area contributed by atoms with Crippen LogP contribution in [-0.2, 0) is 9.53 Å². The van der Waals surface area contributed by atoms with Gasteiger partial charge >= 0.3 is 0 Å². The lowest BCUT2D eigenvalue weighted by Gasteiger charge is -2.29. The molecule has 0 radical (unpaired) electrons. The minimum atomic E-state index is -0.252. The number of carbonyl (C=O) groups is 1. The van der Waals surface area contributed by atoms with Crippen molar-refractivity contribution in [1.29, 1.82) is 0 Å². The van der Waals surface area contributed by atoms with Crippen LogP contribution in [-0.4, -0.2) is 55.7 Å². The molecule has 2 fully saturated rings. The number of rotatable bonds is 7. The van der Waals surface area contributed by atoms with Crippen molar-refractivity contribution < 1.29 is 9.53 Å². The van der Waals surface area contributed by atoms with Gasteiger partial charge in [0.05, 0.1) is 12.1 Å². The van der Waals surface area contributed by atoms with E-state index in [2.05, 4.69) is 10.2 Å². The predicted molar refractivity (Wildman–Crippen MR) is 70.2 cm³/mol. The Morgan fingerprint density at radius 1 is 1.44 bits per heavy atom. The molecule has 18 heavy (non-hydrogen) atoms. The molecule has 1 saturated heterocycles. The molecule has 1 saturated carbocycles. The Morgan fingerprint density at radius 3 is 2.78 bits per heavy atom. The molecular weight excluding hydrogens is 230 g/mol. The molecule has 0 aromatic heterocycles. The van der Waals surface area contributed by atoms with Crippen LogP contribution in [0.1, 0.15) is 32.1 Å². The zero-order valence-corrected chi connectivity index (χ0v) is 11.2. The van der Waals surface area contributed by atoms with E-state index in [1.54, 1.807) is 0 Å². The third-order valence-corrected chi connectivity index (χ3v) is 3.64. The van der Waals surface area contributed by atoms with E-state index in [1.165, 1.54) is 25.7 Å². The number of primary amides is 1. The van der Waals surface area contributed by atoms with Gasteiger partial charge < -0.3 is 20.7 Å². The van der Waals surface area contributed by atoms with Crippen molar-refractivity contribution >= 4 is 5.91 Å². The van der Waals surface area contributed by atoms with Gasteiger partial charge in [-0.3, -0.25) is 4.79 Å². The van der Waals surface area contributed by atoms with Crippen molar-refractivity contribution in [3.05, 3.63) is 0 Å². The van der Waals surface area contributed by atoms with Gasteiger partial charge in [0.2, 0.25) is 5.91 Å². The van der Waals surface area contributed by atoms with Gasteiger partial charge in [-0.15, -0.1) is 0 Å². The molecule has 0 spiro atoms. The van der Waals surface area contributed by atoms with Gasteiger partial charge in [-0.25, -0.2) is 0 Å². The van der Waals surface area contributed by atoms with E-state index in [9.17, 15) is 4.79 Å². The number of nitrogens with one attached hydrogen (secondary N) is 1. The van der Waals surface area contributed by atoms with Gasteiger partial charge in [0.1, 0.15) is 0 Å². The molecule has 0 aromatic carbocycles. The summed E-state index contributed by atoms with van der Waals surface area (Å²) < 4.78 is 5.71. The molecule has 1 aliphatic carbocycles. The largest absolute Gasteiger partial charge is 0.377 e. The summed E-state index contributed by atoms with van der Waals surface area (Å²) in [5.74, 6) is -0.252. The van der Waals surface area contributed by atoms with E-state index in [-0.39, 0.29) is 11.9 Å². The number of nitrogens with zero attached hydrogens (tertiary/aromatic N) is 1. The molecule has 0 aromatic rings. The van der Waals surface area contributed by atoms with Crippen LogP contribution in [0, 0.1) is 0 Å². The topological polar surface area (TPSA) is 67.6 Å². The Labute approximate surface area is 109 Å². The minimum Gasteiger partial charge on any atom is -0.377 e. The van der Waals surface area contributed by atoms with Crippen LogP contribution in [0.4, 0.5) is 0 Å². The number of hydrogen-bond donors (Lipinski definition) is 2. The normalized spacial score (nSPS) is 26.2. The lowest BCUT2D eigenvalue weighted by atomic mass is 10.1. The zero-order chi connectivity index (χ0) is 13.0. The molecule has 5 nitrogen and oxygen atoms in total. The fourth-order valence-electron chi connectivity index (χ4n) is 2.44. The summed E-state index contributed by atoms with van der Waals surface area (Å²) in [6.07, 6.45) is 6.20. The highest BCUT2D eigenvalue weighted by Crippen LogP contribution is 2.19. The van der Waals surface area contributed by atoms with Crippen LogP contribution in [0.3, 0.4) is 0 Å². The highest BCUT2D eigenvalue weighted by Gasteiger charge is 2.28. The van der Waals surface area contributed by atoms with Gasteiger partial charge in [-0.05, 0) is 39.2 Å². The van der Waals surface area contributed by atoms with Gasteiger partial charge in [-0.2, -0.15) is 0 Å². The number of carbonyl (C=O) groups excluding carboxylic acids is 1. The first-order valence-corrected chi connectivity index (χ1v) is 7.00. The second-order valence-corrected chi connectivity index (χ2v) is 5.61. The van der Waals surface area contributed by atoms with Crippen molar-refractivity contribution in [1.82, 2.24) is 10.2 Å². The van der Waals surface area contributed by atoms with Crippen LogP contribution < -0.4 is 11.1 Å². The third kappa shape index (κ3) is 4.55. The Bertz CT molecular complexity index is 275. The van der Waals surface area contributed by atoms with E-state index in [4.69, 9.17) is 10.5 Å². The van der Waals surface area contributed by atoms with Crippen molar-refractivity contribution in [2.75, 3.05) is 26.7 Å². The molecule has 2 aliphatic rings. The Hall–Kier alpha value is -0.650. The maximum Gasteiger partial charge on any atom is 0.235 e. The van der Waals surface area contributed by atoms with Crippen LogP contribution in [0.25, 0.3) is 0 Å². The third-order valence-electron chi connectivity index (χ3n) is 3.64. The smallest absolute Gasteiger partial charge is 0.235 e. The van der Waals surface area contributed by atoms with Gasteiger partial charge in [0, 0.05) is 25.7 Å². The van der Waals surface area contributed by atoms with Crippen molar-refractivity contribution in [2.24, 2.45) is 5.73 Å². The first kappa shape index (κ1) is 13.8. The lowest BCUT2D eigenvalue weighted by molar-refractivity contribution is -0.120. The molecular formula is C13H25N3O2. The molecule has 1 aliphatic heterocycles. The standard InChI is InChI=1S/C13H25N3O2/c1-16(8-11-4-2-3-7-18-11)9-12(13(14)17)15-10-5-6-10/h10-12,15H,2-9H2,1H3,(H2,14,17). The van der Waals surface area contributed by atoms with Gasteiger partial charge in [0.15, 0.2) is 0 Å². The summed E-state index contributed by atoms with van der Waals surface area (Å²) in [5.41, 5.74) is 5.43. The minimum absolute atomic E-state index is 0.230. The second kappa shape index (κ2) is 6.50. The summed E-state index contributed by atoms with van der Waals surface area (Å²) in [6, 6.07) is 0.271. The van der Waals surface area contributed by atoms with Crippen molar-refractivity contribution in [2.45, 2.75) is 50.3 Å². The molecule has 5 heteroatoms. The summed E-state index contributed by atoms with van der Waals surface area (Å²) in [4.78, 5) is 13.5. The fourth-order valence-corrected chi connectivity index (χ4v) is 2.44. The van der Waals surface area contributed by atoms with Crippen molar-refractivity contribution in [3.8, 4) is 0 Å². The number of ether oxygens (including phenoxy) is 1. The maximum absolute atomic E-state index is 11.4. The van der Waals surface area contributed by atoms with Crippen LogP contribution >= 0.6 is 0 Å². The van der Waals surface area contributed by atoms with Gasteiger partial charge in [-0.1, -0.05) is 0 Å². The van der Waals surface area contributed by atoms with Crippen molar-refractivity contribution in [3.63, 3.8) is 0 Å². The average Bonchev–Trinajstić information content (AvgIpc) is 3.13. The summed E-state index contributed by atoms with van der Waals surface area (Å²) >= 11 is 0. The summed E-state index contributed by atoms with van der Waals surface area (Å²) in [7, 11) is 2.03. The maximum atomic E-state index is 11.4. The Kier molecular flexibility index (Phi) is 4.97. The lowest BCUT2D eigenvalue weighted by Crippen LogP contribution is -2.50. The number of likely N-dealkylation sites (N-methyl/N-ethyl adjacent to an activating group) is 1. The zero-order valence-electron chi connectivity index (χ0n) is 11.2. The monoisotopic (exact) mass is 255 g/mol. The molecule has 2 atom stereocenters.